The molecule has 8 heteroatoms. The molecular weight excluding hydrogens is 440 g/mol. The molecule has 5 rings (SSSR count). The summed E-state index contributed by atoms with van der Waals surface area (Å²) in [7, 11) is 1.33. The Morgan fingerprint density at radius 1 is 0.939 bits per heavy atom. The Bertz CT molecular complexity index is 1270. The van der Waals surface area contributed by atoms with Gasteiger partial charge in [0.15, 0.2) is 0 Å². The van der Waals surface area contributed by atoms with Gasteiger partial charge in [0.25, 0.3) is 17.7 Å². The zero-order chi connectivity index (χ0) is 23.1. The lowest BCUT2D eigenvalue weighted by Gasteiger charge is -2.14. The summed E-state index contributed by atoms with van der Waals surface area (Å²) < 4.78 is 4.96. The molecule has 3 aromatic rings. The minimum Gasteiger partial charge on any atom is -0.465 e. The van der Waals surface area contributed by atoms with E-state index in [0.717, 1.165) is 41.0 Å². The number of amides is 3. The molecule has 1 aromatic heterocycles. The van der Waals surface area contributed by atoms with E-state index in [1.807, 2.05) is 0 Å². The van der Waals surface area contributed by atoms with Crippen LogP contribution in [0.15, 0.2) is 48.5 Å². The van der Waals surface area contributed by atoms with Crippen molar-refractivity contribution in [2.45, 2.75) is 25.7 Å². The first kappa shape index (κ1) is 21.1. The third-order valence-corrected chi connectivity index (χ3v) is 7.18. The van der Waals surface area contributed by atoms with Crippen LogP contribution in [-0.2, 0) is 17.6 Å². The topological polar surface area (TPSA) is 92.8 Å². The number of esters is 1. The van der Waals surface area contributed by atoms with Crippen LogP contribution in [0.4, 0.5) is 10.7 Å². The highest BCUT2D eigenvalue weighted by atomic mass is 32.1. The summed E-state index contributed by atoms with van der Waals surface area (Å²) in [6.07, 6.45) is 3.73. The largest absolute Gasteiger partial charge is 0.465 e. The van der Waals surface area contributed by atoms with Gasteiger partial charge in [-0.25, -0.2) is 9.69 Å². The van der Waals surface area contributed by atoms with Crippen molar-refractivity contribution in [3.05, 3.63) is 81.2 Å². The van der Waals surface area contributed by atoms with Gasteiger partial charge in [0.2, 0.25) is 0 Å². The maximum Gasteiger partial charge on any atom is 0.341 e. The summed E-state index contributed by atoms with van der Waals surface area (Å²) in [4.78, 5) is 52.9. The van der Waals surface area contributed by atoms with Crippen molar-refractivity contribution < 1.29 is 23.9 Å². The SMILES string of the molecule is COC(=O)c1c(NC(=O)c2ccc(N3C(=O)c4ccccc4C3=O)cc2)sc2c1CCCC2. The third kappa shape index (κ3) is 3.52. The van der Waals surface area contributed by atoms with Crippen molar-refractivity contribution in [1.82, 2.24) is 0 Å². The van der Waals surface area contributed by atoms with Crippen LogP contribution in [0.3, 0.4) is 0 Å². The maximum absolute atomic E-state index is 12.9. The Labute approximate surface area is 194 Å². The number of ether oxygens (including phenoxy) is 1. The summed E-state index contributed by atoms with van der Waals surface area (Å²) in [6, 6.07) is 12.9. The van der Waals surface area contributed by atoms with E-state index < -0.39 is 5.97 Å². The molecule has 2 heterocycles. The van der Waals surface area contributed by atoms with E-state index in [-0.39, 0.29) is 17.7 Å². The number of hydrogen-bond acceptors (Lipinski definition) is 6. The molecule has 0 saturated heterocycles. The van der Waals surface area contributed by atoms with Crippen LogP contribution >= 0.6 is 11.3 Å². The fraction of sp³-hybridized carbons (Fsp3) is 0.200. The van der Waals surface area contributed by atoms with Gasteiger partial charge in [-0.2, -0.15) is 0 Å². The molecule has 1 aliphatic heterocycles. The van der Waals surface area contributed by atoms with Gasteiger partial charge < -0.3 is 10.1 Å². The number of aryl methyl sites for hydroxylation is 1. The van der Waals surface area contributed by atoms with Gasteiger partial charge in [-0.1, -0.05) is 12.1 Å². The average Bonchev–Trinajstić information content (AvgIpc) is 3.33. The molecule has 166 valence electrons. The summed E-state index contributed by atoms with van der Waals surface area (Å²) in [5.41, 5.74) is 2.86. The Hall–Kier alpha value is -3.78. The summed E-state index contributed by atoms with van der Waals surface area (Å²) in [5.74, 6) is -1.61. The molecule has 0 fully saturated rings. The average molecular weight is 461 g/mol. The van der Waals surface area contributed by atoms with Gasteiger partial charge in [-0.05, 0) is 67.6 Å². The second-order valence-corrected chi connectivity index (χ2v) is 9.00. The number of benzene rings is 2. The van der Waals surface area contributed by atoms with Crippen LogP contribution < -0.4 is 10.2 Å². The monoisotopic (exact) mass is 460 g/mol. The number of anilines is 2. The van der Waals surface area contributed by atoms with E-state index in [2.05, 4.69) is 5.32 Å². The van der Waals surface area contributed by atoms with E-state index in [1.54, 1.807) is 48.5 Å². The quantitative estimate of drug-likeness (QED) is 0.458. The number of thiophene rings is 1. The molecule has 0 radical (unpaired) electrons. The van der Waals surface area contributed by atoms with Crippen LogP contribution in [0, 0.1) is 0 Å². The number of fused-ring (bicyclic) bond motifs is 2. The Balaban J connectivity index is 1.39. The number of rotatable bonds is 4. The molecule has 0 bridgehead atoms. The first-order valence-electron chi connectivity index (χ1n) is 10.6. The zero-order valence-corrected chi connectivity index (χ0v) is 18.7. The molecule has 1 aliphatic carbocycles. The molecule has 0 atom stereocenters. The fourth-order valence-electron chi connectivity index (χ4n) is 4.33. The van der Waals surface area contributed by atoms with Crippen molar-refractivity contribution in [3.8, 4) is 0 Å². The van der Waals surface area contributed by atoms with Crippen molar-refractivity contribution >= 4 is 45.7 Å². The smallest absolute Gasteiger partial charge is 0.341 e. The number of methoxy groups -OCH3 is 1. The van der Waals surface area contributed by atoms with E-state index in [1.165, 1.54) is 18.4 Å². The first-order valence-corrected chi connectivity index (χ1v) is 11.4. The number of nitrogens with one attached hydrogen (secondary N) is 1. The van der Waals surface area contributed by atoms with Crippen molar-refractivity contribution in [2.75, 3.05) is 17.3 Å². The molecular formula is C25H20N2O5S. The van der Waals surface area contributed by atoms with Crippen molar-refractivity contribution in [2.24, 2.45) is 0 Å². The van der Waals surface area contributed by atoms with Crippen LogP contribution in [0.5, 0.6) is 0 Å². The third-order valence-electron chi connectivity index (χ3n) is 5.97. The zero-order valence-electron chi connectivity index (χ0n) is 17.8. The standard InChI is InChI=1S/C25H20N2O5S/c1-32-25(31)20-18-8-4-5-9-19(18)33-22(20)26-21(28)14-10-12-15(13-11-14)27-23(29)16-6-2-3-7-17(16)24(27)30/h2-3,6-7,10-13H,4-5,8-9H2,1H3,(H,26,28). The van der Waals surface area contributed by atoms with Crippen molar-refractivity contribution in [1.29, 1.82) is 0 Å². The molecule has 2 aliphatic rings. The number of carbonyl (C=O) groups excluding carboxylic acids is 4. The minimum atomic E-state index is -0.453. The second kappa shape index (κ2) is 8.29. The molecule has 2 aromatic carbocycles. The molecule has 0 saturated carbocycles. The molecule has 7 nitrogen and oxygen atoms in total. The van der Waals surface area contributed by atoms with E-state index in [0.29, 0.717) is 32.9 Å². The molecule has 0 unspecified atom stereocenters. The van der Waals surface area contributed by atoms with Gasteiger partial charge in [-0.15, -0.1) is 11.3 Å². The number of nitrogens with zero attached hydrogens (tertiary/aromatic N) is 1. The van der Waals surface area contributed by atoms with Gasteiger partial charge >= 0.3 is 5.97 Å². The summed E-state index contributed by atoms with van der Waals surface area (Å²) in [5, 5.41) is 3.34. The number of hydrogen-bond donors (Lipinski definition) is 1. The normalized spacial score (nSPS) is 14.6. The lowest BCUT2D eigenvalue weighted by atomic mass is 9.95. The fourth-order valence-corrected chi connectivity index (χ4v) is 5.61. The number of imide groups is 1. The lowest BCUT2D eigenvalue weighted by molar-refractivity contribution is 0.0600. The predicted octanol–water partition coefficient (Wildman–Crippen LogP) is 4.47. The minimum absolute atomic E-state index is 0.345. The highest BCUT2D eigenvalue weighted by molar-refractivity contribution is 7.17. The second-order valence-electron chi connectivity index (χ2n) is 7.90. The van der Waals surface area contributed by atoms with Crippen LogP contribution in [0.2, 0.25) is 0 Å². The Morgan fingerprint density at radius 2 is 1.58 bits per heavy atom. The van der Waals surface area contributed by atoms with Crippen LogP contribution in [0.25, 0.3) is 0 Å². The Kier molecular flexibility index (Phi) is 5.30. The van der Waals surface area contributed by atoms with E-state index >= 15 is 0 Å². The van der Waals surface area contributed by atoms with E-state index in [9.17, 15) is 19.2 Å². The lowest BCUT2D eigenvalue weighted by Crippen LogP contribution is -2.29. The summed E-state index contributed by atoms with van der Waals surface area (Å²) >= 11 is 1.42. The number of carbonyl (C=O) groups is 4. The van der Waals surface area contributed by atoms with Crippen molar-refractivity contribution in [3.63, 3.8) is 0 Å². The van der Waals surface area contributed by atoms with E-state index in [4.69, 9.17) is 4.74 Å². The van der Waals surface area contributed by atoms with Gasteiger partial charge in [0.05, 0.1) is 29.5 Å². The molecule has 0 spiro atoms. The molecule has 33 heavy (non-hydrogen) atoms. The first-order chi connectivity index (χ1) is 16.0. The highest BCUT2D eigenvalue weighted by Crippen LogP contribution is 2.39. The summed E-state index contributed by atoms with van der Waals surface area (Å²) in [6.45, 7) is 0. The highest BCUT2D eigenvalue weighted by Gasteiger charge is 2.36. The maximum atomic E-state index is 12.9. The predicted molar refractivity (Wildman–Crippen MR) is 124 cm³/mol. The van der Waals surface area contributed by atoms with Crippen LogP contribution in [-0.4, -0.2) is 30.8 Å². The molecule has 3 amide bonds. The Morgan fingerprint density at radius 3 is 2.21 bits per heavy atom. The van der Waals surface area contributed by atoms with Crippen LogP contribution in [0.1, 0.15) is 64.7 Å². The molecule has 1 N–H and O–H groups in total. The van der Waals surface area contributed by atoms with Gasteiger partial charge in [0, 0.05) is 10.4 Å². The van der Waals surface area contributed by atoms with Gasteiger partial charge in [0.1, 0.15) is 5.00 Å². The van der Waals surface area contributed by atoms with Gasteiger partial charge in [-0.3, -0.25) is 14.4 Å².